The number of fused-ring (bicyclic) bond motifs is 2. The van der Waals surface area contributed by atoms with Gasteiger partial charge in [0.15, 0.2) is 12.0 Å². The largest absolute Gasteiger partial charge is 0.484 e. The lowest BCUT2D eigenvalue weighted by Gasteiger charge is -2.33. The lowest BCUT2D eigenvalue weighted by molar-refractivity contribution is 0.111. The van der Waals surface area contributed by atoms with Gasteiger partial charge >= 0.3 is 0 Å². The van der Waals surface area contributed by atoms with Gasteiger partial charge in [-0.05, 0) is 41.5 Å². The molecule has 7 heteroatoms. The molecule has 0 amide bonds. The van der Waals surface area contributed by atoms with E-state index in [1.165, 1.54) is 0 Å². The SMILES string of the molecule is CC(C)(C)Cc1nnc2ccc(O[C@@H]3CC[C@H](NC(N)O)c4ccccc43)cn12. The van der Waals surface area contributed by atoms with E-state index in [9.17, 15) is 5.11 Å². The van der Waals surface area contributed by atoms with E-state index in [-0.39, 0.29) is 17.6 Å². The summed E-state index contributed by atoms with van der Waals surface area (Å²) < 4.78 is 8.42. The molecule has 1 unspecified atom stereocenters. The van der Waals surface area contributed by atoms with Crippen LogP contribution in [0.5, 0.6) is 5.75 Å². The summed E-state index contributed by atoms with van der Waals surface area (Å²) in [6, 6.07) is 12.1. The Hall–Kier alpha value is -2.48. The number of pyridine rings is 1. The second-order valence-electron chi connectivity index (χ2n) is 8.92. The Labute approximate surface area is 170 Å². The minimum absolute atomic E-state index is 0.0183. The zero-order valence-corrected chi connectivity index (χ0v) is 17.2. The Morgan fingerprint density at radius 2 is 1.93 bits per heavy atom. The number of rotatable bonds is 5. The van der Waals surface area contributed by atoms with E-state index in [2.05, 4.69) is 48.4 Å². The van der Waals surface area contributed by atoms with Gasteiger partial charge in [-0.3, -0.25) is 15.5 Å². The number of nitrogens with zero attached hydrogens (tertiary/aromatic N) is 3. The average Bonchev–Trinajstić information content (AvgIpc) is 3.04. The van der Waals surface area contributed by atoms with Gasteiger partial charge in [-0.2, -0.15) is 0 Å². The molecule has 2 aromatic heterocycles. The van der Waals surface area contributed by atoms with Crippen LogP contribution in [0.2, 0.25) is 0 Å². The first-order valence-corrected chi connectivity index (χ1v) is 10.1. The summed E-state index contributed by atoms with van der Waals surface area (Å²) >= 11 is 0. The van der Waals surface area contributed by atoms with Gasteiger partial charge in [-0.1, -0.05) is 45.0 Å². The minimum atomic E-state index is -1.04. The van der Waals surface area contributed by atoms with Crippen LogP contribution in [0.15, 0.2) is 42.6 Å². The molecule has 1 aliphatic rings. The topological polar surface area (TPSA) is 97.7 Å². The van der Waals surface area contributed by atoms with Crippen LogP contribution in [0.3, 0.4) is 0 Å². The molecule has 0 bridgehead atoms. The summed E-state index contributed by atoms with van der Waals surface area (Å²) in [5.41, 5.74) is 8.72. The maximum atomic E-state index is 9.54. The van der Waals surface area contributed by atoms with E-state index >= 15 is 0 Å². The number of ether oxygens (including phenoxy) is 1. The molecule has 4 rings (SSSR count). The van der Waals surface area contributed by atoms with Gasteiger partial charge < -0.3 is 9.84 Å². The fraction of sp³-hybridized carbons (Fsp3) is 0.455. The number of aromatic nitrogens is 3. The highest BCUT2D eigenvalue weighted by atomic mass is 16.5. The first kappa shape index (κ1) is 19.8. The summed E-state index contributed by atoms with van der Waals surface area (Å²) in [7, 11) is 0. The Balaban J connectivity index is 1.60. The highest BCUT2D eigenvalue weighted by Crippen LogP contribution is 2.38. The van der Waals surface area contributed by atoms with Gasteiger partial charge in [-0.15, -0.1) is 10.2 Å². The number of nitrogens with two attached hydrogens (primary N) is 1. The van der Waals surface area contributed by atoms with Crippen molar-refractivity contribution in [2.45, 2.75) is 58.5 Å². The molecule has 1 aromatic carbocycles. The van der Waals surface area contributed by atoms with E-state index in [1.54, 1.807) is 0 Å². The smallest absolute Gasteiger partial charge is 0.161 e. The fourth-order valence-corrected chi connectivity index (χ4v) is 4.00. The number of hydrogen-bond donors (Lipinski definition) is 3. The van der Waals surface area contributed by atoms with Gasteiger partial charge in [0.2, 0.25) is 0 Å². The third-order valence-electron chi connectivity index (χ3n) is 5.22. The molecule has 3 atom stereocenters. The molecule has 0 saturated carbocycles. The molecule has 4 N–H and O–H groups in total. The maximum Gasteiger partial charge on any atom is 0.161 e. The number of benzene rings is 1. The quantitative estimate of drug-likeness (QED) is 0.574. The number of hydrogen-bond acceptors (Lipinski definition) is 6. The Morgan fingerprint density at radius 1 is 1.17 bits per heavy atom. The van der Waals surface area contributed by atoms with Crippen molar-refractivity contribution in [1.29, 1.82) is 0 Å². The van der Waals surface area contributed by atoms with Crippen molar-refractivity contribution in [2.75, 3.05) is 0 Å². The Kier molecular flexibility index (Phi) is 5.29. The third-order valence-corrected chi connectivity index (χ3v) is 5.22. The Morgan fingerprint density at radius 3 is 2.66 bits per heavy atom. The monoisotopic (exact) mass is 395 g/mol. The summed E-state index contributed by atoms with van der Waals surface area (Å²) in [6.45, 7) is 6.57. The van der Waals surface area contributed by atoms with Crippen molar-refractivity contribution in [2.24, 2.45) is 11.1 Å². The molecule has 1 aliphatic carbocycles. The van der Waals surface area contributed by atoms with Crippen molar-refractivity contribution in [3.05, 3.63) is 59.5 Å². The number of aliphatic hydroxyl groups excluding tert-OH is 1. The molecule has 0 spiro atoms. The molecule has 2 heterocycles. The Bertz CT molecular complexity index is 992. The van der Waals surface area contributed by atoms with Crippen LogP contribution in [-0.2, 0) is 6.42 Å². The lowest BCUT2D eigenvalue weighted by Crippen LogP contribution is -2.41. The lowest BCUT2D eigenvalue weighted by atomic mass is 9.85. The van der Waals surface area contributed by atoms with Gasteiger partial charge in [-0.25, -0.2) is 0 Å². The number of nitrogens with one attached hydrogen (secondary N) is 1. The molecule has 3 aromatic rings. The van der Waals surface area contributed by atoms with Gasteiger partial charge in [0.25, 0.3) is 0 Å². The van der Waals surface area contributed by atoms with Crippen LogP contribution in [0, 0.1) is 5.41 Å². The van der Waals surface area contributed by atoms with Gasteiger partial charge in [0.05, 0.1) is 6.20 Å². The van der Waals surface area contributed by atoms with E-state index in [0.29, 0.717) is 0 Å². The third kappa shape index (κ3) is 4.42. The van der Waals surface area contributed by atoms with Crippen LogP contribution >= 0.6 is 0 Å². The predicted octanol–water partition coefficient (Wildman–Crippen LogP) is 3.10. The van der Waals surface area contributed by atoms with Crippen LogP contribution in [0.1, 0.15) is 62.7 Å². The maximum absolute atomic E-state index is 9.54. The summed E-state index contributed by atoms with van der Waals surface area (Å²) in [6.07, 6.45) is 3.38. The van der Waals surface area contributed by atoms with Gasteiger partial charge in [0.1, 0.15) is 17.7 Å². The highest BCUT2D eigenvalue weighted by Gasteiger charge is 2.29. The molecule has 29 heavy (non-hydrogen) atoms. The molecular formula is C22H29N5O2. The molecule has 0 saturated heterocycles. The molecule has 154 valence electrons. The zero-order valence-electron chi connectivity index (χ0n) is 17.2. The van der Waals surface area contributed by atoms with E-state index in [1.807, 2.05) is 34.9 Å². The molecular weight excluding hydrogens is 366 g/mol. The summed E-state index contributed by atoms with van der Waals surface area (Å²) in [5.74, 6) is 1.72. The molecule has 0 radical (unpaired) electrons. The summed E-state index contributed by atoms with van der Waals surface area (Å²) in [4.78, 5) is 0. The van der Waals surface area contributed by atoms with Crippen LogP contribution in [0.25, 0.3) is 5.65 Å². The van der Waals surface area contributed by atoms with E-state index in [4.69, 9.17) is 10.5 Å². The van der Waals surface area contributed by atoms with E-state index in [0.717, 1.165) is 47.6 Å². The van der Waals surface area contributed by atoms with Crippen LogP contribution in [-0.4, -0.2) is 26.1 Å². The zero-order chi connectivity index (χ0) is 20.6. The van der Waals surface area contributed by atoms with E-state index < -0.39 is 6.35 Å². The second kappa shape index (κ2) is 7.74. The molecule has 0 fully saturated rings. The first-order chi connectivity index (χ1) is 13.8. The average molecular weight is 396 g/mol. The van der Waals surface area contributed by atoms with Crippen molar-refractivity contribution < 1.29 is 9.84 Å². The van der Waals surface area contributed by atoms with Crippen molar-refractivity contribution in [3.63, 3.8) is 0 Å². The van der Waals surface area contributed by atoms with Crippen molar-refractivity contribution >= 4 is 5.65 Å². The van der Waals surface area contributed by atoms with Crippen molar-refractivity contribution in [3.8, 4) is 5.75 Å². The standard InChI is InChI=1S/C22H29N5O2/c1-22(2,3)12-20-26-25-19-11-8-14(13-27(19)20)29-18-10-9-17(24-21(23)28)15-6-4-5-7-16(15)18/h4-8,11,13,17-18,21,24,28H,9-10,12,23H2,1-3H3/t17-,18+,21?/m0/s1. The van der Waals surface area contributed by atoms with Crippen LogP contribution in [0.4, 0.5) is 0 Å². The predicted molar refractivity (Wildman–Crippen MR) is 111 cm³/mol. The van der Waals surface area contributed by atoms with Gasteiger partial charge in [0, 0.05) is 12.5 Å². The second-order valence-corrected chi connectivity index (χ2v) is 8.92. The van der Waals surface area contributed by atoms with Crippen LogP contribution < -0.4 is 15.8 Å². The normalized spacial score (nSPS) is 20.4. The minimum Gasteiger partial charge on any atom is -0.484 e. The fourth-order valence-electron chi connectivity index (χ4n) is 4.00. The molecule has 0 aliphatic heterocycles. The molecule has 7 nitrogen and oxygen atoms in total. The first-order valence-electron chi connectivity index (χ1n) is 10.1. The number of aliphatic hydroxyl groups is 1. The highest BCUT2D eigenvalue weighted by molar-refractivity contribution is 5.42. The van der Waals surface area contributed by atoms with Crippen molar-refractivity contribution in [1.82, 2.24) is 19.9 Å². The summed E-state index contributed by atoms with van der Waals surface area (Å²) in [5, 5.41) is 21.2.